The van der Waals surface area contributed by atoms with Gasteiger partial charge in [0.1, 0.15) is 11.0 Å². The third-order valence-corrected chi connectivity index (χ3v) is 8.33. The number of pyridine rings is 1. The van der Waals surface area contributed by atoms with E-state index < -0.39 is 21.9 Å². The smallest absolute Gasteiger partial charge is 0.258 e. The van der Waals surface area contributed by atoms with Gasteiger partial charge in [0.05, 0.1) is 11.4 Å². The van der Waals surface area contributed by atoms with Crippen LogP contribution in [0.15, 0.2) is 90.0 Å². The molecule has 3 aromatic carbocycles. The van der Waals surface area contributed by atoms with Crippen LogP contribution < -0.4 is 9.62 Å². The molecule has 0 spiro atoms. The predicted octanol–water partition coefficient (Wildman–Crippen LogP) is 6.34. The molecule has 1 aromatic heterocycles. The van der Waals surface area contributed by atoms with Gasteiger partial charge in [-0.25, -0.2) is 22.5 Å². The molecule has 1 aliphatic rings. The van der Waals surface area contributed by atoms with E-state index in [0.717, 1.165) is 28.8 Å². The van der Waals surface area contributed by atoms with Gasteiger partial charge in [-0.2, -0.15) is 0 Å². The fraction of sp³-hybridized carbons (Fsp3) is 0.143. The molecule has 1 aliphatic carbocycles. The van der Waals surface area contributed by atoms with Crippen LogP contribution in [0.1, 0.15) is 39.5 Å². The first kappa shape index (κ1) is 26.3. The van der Waals surface area contributed by atoms with Crippen molar-refractivity contribution in [3.8, 4) is 0 Å². The third-order valence-electron chi connectivity index (χ3n) is 6.39. The molecule has 1 N–H and O–H groups in total. The average Bonchev–Trinajstić information content (AvgIpc) is 3.29. The molecule has 0 saturated carbocycles. The number of nitrogens with zero attached hydrogens (tertiary/aromatic N) is 2. The van der Waals surface area contributed by atoms with Gasteiger partial charge in [-0.05, 0) is 90.2 Å². The molecule has 10 heteroatoms. The van der Waals surface area contributed by atoms with Crippen molar-refractivity contribution in [3.05, 3.63) is 123 Å². The number of aryl methyl sites for hydroxylation is 1. The van der Waals surface area contributed by atoms with Crippen molar-refractivity contribution in [2.75, 3.05) is 4.90 Å². The van der Waals surface area contributed by atoms with Crippen LogP contribution in [0.3, 0.4) is 0 Å². The summed E-state index contributed by atoms with van der Waals surface area (Å²) < 4.78 is 42.0. The number of nitrogens with one attached hydrogen (secondary N) is 1. The van der Waals surface area contributed by atoms with E-state index in [9.17, 15) is 17.6 Å². The highest BCUT2D eigenvalue weighted by atomic mass is 35.5. The minimum absolute atomic E-state index is 0.0171. The number of anilines is 1. The molecule has 1 unspecified atom stereocenters. The summed E-state index contributed by atoms with van der Waals surface area (Å²) in [6, 6.07) is 19.9. The van der Waals surface area contributed by atoms with Crippen LogP contribution in [0.5, 0.6) is 0 Å². The lowest BCUT2D eigenvalue weighted by molar-refractivity contribution is 0.0985. The van der Waals surface area contributed by atoms with Gasteiger partial charge in [0, 0.05) is 28.5 Å². The quantitative estimate of drug-likeness (QED) is 0.263. The Morgan fingerprint density at radius 3 is 2.53 bits per heavy atom. The molecule has 0 aliphatic heterocycles. The van der Waals surface area contributed by atoms with Crippen LogP contribution in [0.25, 0.3) is 0 Å². The highest BCUT2D eigenvalue weighted by Gasteiger charge is 2.29. The van der Waals surface area contributed by atoms with Gasteiger partial charge < -0.3 is 4.90 Å². The Hall–Kier alpha value is -3.30. The maximum absolute atomic E-state index is 13.7. The molecule has 5 rings (SSSR count). The van der Waals surface area contributed by atoms with Crippen LogP contribution in [0.2, 0.25) is 10.2 Å². The second kappa shape index (κ2) is 10.8. The number of carbonyl (C=O) groups is 1. The zero-order valence-corrected chi connectivity index (χ0v) is 22.3. The first-order valence-corrected chi connectivity index (χ1v) is 14.0. The van der Waals surface area contributed by atoms with Crippen LogP contribution >= 0.6 is 23.2 Å². The predicted molar refractivity (Wildman–Crippen MR) is 145 cm³/mol. The fourth-order valence-corrected chi connectivity index (χ4v) is 6.04. The van der Waals surface area contributed by atoms with Crippen LogP contribution in [0, 0.1) is 5.82 Å². The van der Waals surface area contributed by atoms with E-state index in [4.69, 9.17) is 23.2 Å². The summed E-state index contributed by atoms with van der Waals surface area (Å²) in [7, 11) is -3.89. The number of carbonyl (C=O) groups excluding carboxylic acids is 1. The average molecular weight is 570 g/mol. The SMILES string of the molecule is O=C(c1cccc(Cl)c1)N(Cc1ccc(Cl)nc1)c1ccc2c(c1)C(NS(=O)(=O)c1ccc(F)cc1)CC2. The Bertz CT molecular complexity index is 1600. The summed E-state index contributed by atoms with van der Waals surface area (Å²) in [6.45, 7) is 0.209. The second-order valence-electron chi connectivity index (χ2n) is 8.94. The van der Waals surface area contributed by atoms with Crippen molar-refractivity contribution < 1.29 is 17.6 Å². The molecule has 194 valence electrons. The molecule has 1 amide bonds. The lowest BCUT2D eigenvalue weighted by atomic mass is 10.1. The maximum Gasteiger partial charge on any atom is 0.258 e. The minimum Gasteiger partial charge on any atom is -0.304 e. The first-order valence-electron chi connectivity index (χ1n) is 11.8. The van der Waals surface area contributed by atoms with Crippen molar-refractivity contribution in [1.29, 1.82) is 0 Å². The number of halogens is 3. The van der Waals surface area contributed by atoms with Gasteiger partial charge >= 0.3 is 0 Å². The van der Waals surface area contributed by atoms with Crippen LogP contribution in [-0.2, 0) is 23.0 Å². The summed E-state index contributed by atoms with van der Waals surface area (Å²) in [5.41, 5.74) is 3.54. The van der Waals surface area contributed by atoms with Gasteiger partial charge in [-0.15, -0.1) is 0 Å². The molecule has 4 aromatic rings. The van der Waals surface area contributed by atoms with Gasteiger partial charge in [0.15, 0.2) is 0 Å². The van der Waals surface area contributed by atoms with E-state index in [0.29, 0.717) is 34.3 Å². The zero-order valence-electron chi connectivity index (χ0n) is 19.9. The molecule has 1 atom stereocenters. The molecule has 1 heterocycles. The highest BCUT2D eigenvalue weighted by molar-refractivity contribution is 7.89. The summed E-state index contributed by atoms with van der Waals surface area (Å²) in [5.74, 6) is -0.788. The standard InChI is InChI=1S/C28H22Cl2FN3O3S/c29-21-3-1-2-20(14-21)28(35)34(17-18-4-13-27(30)32-16-18)23-9-5-19-6-12-26(25(19)15-23)33-38(36,37)24-10-7-22(31)8-11-24/h1-5,7-11,13-16,26,33H,6,12,17H2. The Morgan fingerprint density at radius 1 is 1.03 bits per heavy atom. The van der Waals surface area contributed by atoms with Gasteiger partial charge in [0.2, 0.25) is 10.0 Å². The summed E-state index contributed by atoms with van der Waals surface area (Å²) in [5, 5.41) is 0.781. The van der Waals surface area contributed by atoms with E-state index in [1.807, 2.05) is 18.2 Å². The number of aromatic nitrogens is 1. The normalized spacial score (nSPS) is 14.8. The van der Waals surface area contributed by atoms with E-state index >= 15 is 0 Å². The summed E-state index contributed by atoms with van der Waals surface area (Å²) in [4.78, 5) is 19.4. The van der Waals surface area contributed by atoms with E-state index in [2.05, 4.69) is 9.71 Å². The van der Waals surface area contributed by atoms with Gasteiger partial charge in [0.25, 0.3) is 5.91 Å². The Kier molecular flexibility index (Phi) is 7.49. The number of sulfonamides is 1. The van der Waals surface area contributed by atoms with E-state index in [1.54, 1.807) is 47.5 Å². The second-order valence-corrected chi connectivity index (χ2v) is 11.5. The molecule has 0 bridgehead atoms. The number of rotatable bonds is 7. The molecule has 0 fully saturated rings. The Morgan fingerprint density at radius 2 is 1.82 bits per heavy atom. The van der Waals surface area contributed by atoms with Gasteiger partial charge in [-0.1, -0.05) is 41.4 Å². The highest BCUT2D eigenvalue weighted by Crippen LogP contribution is 2.36. The molecular formula is C28H22Cl2FN3O3S. The molecule has 0 radical (unpaired) electrons. The van der Waals surface area contributed by atoms with E-state index in [-0.39, 0.29) is 17.3 Å². The first-order chi connectivity index (χ1) is 18.2. The molecule has 38 heavy (non-hydrogen) atoms. The summed E-state index contributed by atoms with van der Waals surface area (Å²) in [6.07, 6.45) is 2.84. The molecule has 0 saturated heterocycles. The third kappa shape index (κ3) is 5.73. The fourth-order valence-electron chi connectivity index (χ4n) is 4.49. The number of fused-ring (bicyclic) bond motifs is 1. The number of benzene rings is 3. The van der Waals surface area contributed by atoms with Crippen LogP contribution in [0.4, 0.5) is 10.1 Å². The molecule has 6 nitrogen and oxygen atoms in total. The van der Waals surface area contributed by atoms with Crippen molar-refractivity contribution in [3.63, 3.8) is 0 Å². The zero-order chi connectivity index (χ0) is 26.9. The minimum atomic E-state index is -3.89. The lowest BCUT2D eigenvalue weighted by Gasteiger charge is -2.25. The largest absolute Gasteiger partial charge is 0.304 e. The Balaban J connectivity index is 1.49. The van der Waals surface area contributed by atoms with Crippen molar-refractivity contribution in [2.24, 2.45) is 0 Å². The van der Waals surface area contributed by atoms with Crippen molar-refractivity contribution >= 4 is 44.8 Å². The number of amides is 1. The maximum atomic E-state index is 13.7. The van der Waals surface area contributed by atoms with Crippen LogP contribution in [-0.4, -0.2) is 19.3 Å². The number of hydrogen-bond acceptors (Lipinski definition) is 4. The van der Waals surface area contributed by atoms with Crippen molar-refractivity contribution in [1.82, 2.24) is 9.71 Å². The topological polar surface area (TPSA) is 79.4 Å². The number of hydrogen-bond donors (Lipinski definition) is 1. The monoisotopic (exact) mass is 569 g/mol. The lowest BCUT2D eigenvalue weighted by Crippen LogP contribution is -2.31. The summed E-state index contributed by atoms with van der Waals surface area (Å²) >= 11 is 12.1. The van der Waals surface area contributed by atoms with Crippen molar-refractivity contribution in [2.45, 2.75) is 30.3 Å². The Labute approximate surface area is 230 Å². The van der Waals surface area contributed by atoms with Gasteiger partial charge in [-0.3, -0.25) is 4.79 Å². The van der Waals surface area contributed by atoms with E-state index in [1.165, 1.54) is 12.1 Å². The molecular weight excluding hydrogens is 548 g/mol.